The highest BCUT2D eigenvalue weighted by atomic mass is 31.2. The number of rotatable bonds is 6. The van der Waals surface area contributed by atoms with Crippen LogP contribution in [0, 0.1) is 0 Å². The number of nitrogens with one attached hydrogen (secondary N) is 5. The van der Waals surface area contributed by atoms with Crippen LogP contribution >= 0.6 is 7.82 Å². The van der Waals surface area contributed by atoms with Crippen molar-refractivity contribution in [3.63, 3.8) is 0 Å². The number of aliphatic hydroxyl groups excluding tert-OH is 5. The third-order valence-electron chi connectivity index (χ3n) is 8.14. The summed E-state index contributed by atoms with van der Waals surface area (Å²) in [6, 6.07) is 1.71. The van der Waals surface area contributed by atoms with Gasteiger partial charge in [0.1, 0.15) is 65.6 Å². The minimum Gasteiger partial charge on any atom is -0.394 e. The lowest BCUT2D eigenvalue weighted by Crippen LogP contribution is -2.33. The molecule has 8 heterocycles. The van der Waals surface area contributed by atoms with Gasteiger partial charge in [-0.3, -0.25) is 38.6 Å². The maximum absolute atomic E-state index is 11.6. The molecule has 54 heavy (non-hydrogen) atoms. The lowest BCUT2D eigenvalue weighted by molar-refractivity contribution is -0.0508. The Morgan fingerprint density at radius 3 is 2.17 bits per heavy atom. The molecule has 0 aromatic carbocycles. The number of phosphoric ester groups is 1. The van der Waals surface area contributed by atoms with Gasteiger partial charge in [-0.1, -0.05) is 0 Å². The van der Waals surface area contributed by atoms with E-state index in [0.717, 1.165) is 10.9 Å². The predicted molar refractivity (Wildman–Crippen MR) is 177 cm³/mol. The quantitative estimate of drug-likeness (QED) is 0.0702. The van der Waals surface area contributed by atoms with E-state index in [1.54, 1.807) is 16.8 Å². The van der Waals surface area contributed by atoms with Gasteiger partial charge in [0, 0.05) is 6.20 Å². The van der Waals surface area contributed by atoms with Crippen LogP contribution in [0.15, 0.2) is 50.4 Å². The van der Waals surface area contributed by atoms with Gasteiger partial charge in [-0.25, -0.2) is 34.1 Å². The lowest BCUT2D eigenvalue weighted by Gasteiger charge is -2.17. The molecule has 0 unspecified atom stereocenters. The Morgan fingerprint density at radius 1 is 0.833 bits per heavy atom. The summed E-state index contributed by atoms with van der Waals surface area (Å²) in [6.07, 6.45) is -4.06. The first kappa shape index (κ1) is 38.3. The van der Waals surface area contributed by atoms with Crippen molar-refractivity contribution in [2.75, 3.05) is 18.9 Å². The first-order valence-electron chi connectivity index (χ1n) is 15.3. The van der Waals surface area contributed by atoms with Crippen LogP contribution < -0.4 is 28.2 Å². The third-order valence-corrected chi connectivity index (χ3v) is 8.63. The molecule has 2 aliphatic rings. The van der Waals surface area contributed by atoms with Gasteiger partial charge in [0.15, 0.2) is 23.6 Å². The van der Waals surface area contributed by atoms with Crippen molar-refractivity contribution < 1.29 is 53.9 Å². The zero-order valence-corrected chi connectivity index (χ0v) is 27.9. The Kier molecular flexibility index (Phi) is 10.7. The SMILES string of the molecule is Nc1ncnc2c1ccn2[C@@H]1O[C@@H](CO)[C@H](O)[C@H]1O.O=c1[nH]c(=O)c2[nH]cnc2[nH]1.O=c1[nH]c(=O)c2ncn([C@H]3O[C@@H](COP(=O)(O)O)[C@H](O)[C@@H]3O)c2[nH]1. The fourth-order valence-corrected chi connectivity index (χ4v) is 5.93. The second-order valence-electron chi connectivity index (χ2n) is 11.6. The van der Waals surface area contributed by atoms with Crippen LogP contribution in [-0.4, -0.2) is 139 Å². The zero-order valence-electron chi connectivity index (χ0n) is 27.0. The fraction of sp³-hybridized carbons (Fsp3) is 0.385. The van der Waals surface area contributed by atoms with E-state index >= 15 is 0 Å². The molecule has 0 bridgehead atoms. The van der Waals surface area contributed by atoms with E-state index in [-0.39, 0.29) is 28.9 Å². The standard InChI is InChI=1S/C11H14N4O4.C10H13N4O9P.C5H4N4O2/c12-9-5-1-2-15(10(5)14-4-13-9)11-8(18)7(17)6(3-16)19-11;15-5-3(1-22-24(19,20)21)23-9(6(5)16)14-2-11-4-7(14)12-10(18)13-8(4)17;10-4-2-3(7-1-6-2)8-5(11)9-4/h1-2,4,6-8,11,16-18H,3H2,(H2,12,13,14);2-3,5-6,9,15-16H,1H2,(H2,19,20,21)(H2,12,13,17,18);1H,(H3,6,7,8,9,10,11)/t6-,7-,8+,11+;3-,5-,6-,9-;/m00./s1. The monoisotopic (exact) mass is 782 g/mol. The molecule has 290 valence electrons. The summed E-state index contributed by atoms with van der Waals surface area (Å²) < 4.78 is 28.4. The summed E-state index contributed by atoms with van der Waals surface area (Å²) in [5, 5.41) is 49.4. The van der Waals surface area contributed by atoms with Gasteiger partial charge >= 0.3 is 19.2 Å². The fourth-order valence-electron chi connectivity index (χ4n) is 5.58. The van der Waals surface area contributed by atoms with E-state index in [0.29, 0.717) is 16.9 Å². The largest absolute Gasteiger partial charge is 0.469 e. The molecule has 27 nitrogen and oxygen atoms in total. The van der Waals surface area contributed by atoms with E-state index in [1.807, 2.05) is 4.98 Å². The molecule has 2 saturated heterocycles. The number of aliphatic hydroxyl groups is 5. The van der Waals surface area contributed by atoms with Gasteiger partial charge in [-0.05, 0) is 6.07 Å². The van der Waals surface area contributed by atoms with Crippen LogP contribution in [0.2, 0.25) is 0 Å². The Morgan fingerprint density at radius 2 is 1.48 bits per heavy atom. The van der Waals surface area contributed by atoms with Crippen molar-refractivity contribution in [3.8, 4) is 0 Å². The van der Waals surface area contributed by atoms with Gasteiger partial charge in [-0.15, -0.1) is 0 Å². The summed E-state index contributed by atoms with van der Waals surface area (Å²) in [4.78, 5) is 88.7. The van der Waals surface area contributed by atoms with Crippen molar-refractivity contribution >= 4 is 47.0 Å². The van der Waals surface area contributed by atoms with E-state index < -0.39 is 86.0 Å². The van der Waals surface area contributed by atoms with Gasteiger partial charge in [-0.2, -0.15) is 0 Å². The number of fused-ring (bicyclic) bond motifs is 3. The molecule has 2 fully saturated rings. The lowest BCUT2D eigenvalue weighted by atomic mass is 10.1. The number of H-pyrrole nitrogens is 5. The van der Waals surface area contributed by atoms with E-state index in [1.165, 1.54) is 12.7 Å². The van der Waals surface area contributed by atoms with Gasteiger partial charge in [0.2, 0.25) is 0 Å². The molecule has 0 aliphatic carbocycles. The maximum atomic E-state index is 11.6. The number of nitrogen functional groups attached to an aromatic ring is 1. The normalized spacial score (nSPS) is 25.5. The highest BCUT2D eigenvalue weighted by molar-refractivity contribution is 7.46. The van der Waals surface area contributed by atoms with Crippen LogP contribution in [0.4, 0.5) is 5.82 Å². The van der Waals surface area contributed by atoms with Crippen LogP contribution in [0.1, 0.15) is 12.5 Å². The Hall–Kier alpha value is -5.45. The zero-order chi connectivity index (χ0) is 39.1. The van der Waals surface area contributed by atoms with Gasteiger partial charge in [0.25, 0.3) is 11.1 Å². The van der Waals surface area contributed by atoms with Crippen LogP contribution in [0.3, 0.4) is 0 Å². The maximum Gasteiger partial charge on any atom is 0.469 e. The van der Waals surface area contributed by atoms with Gasteiger partial charge in [0.05, 0.1) is 31.3 Å². The molecule has 6 aromatic rings. The second kappa shape index (κ2) is 15.1. The molecule has 6 aromatic heterocycles. The van der Waals surface area contributed by atoms with Crippen LogP contribution in [0.25, 0.3) is 33.4 Å². The van der Waals surface area contributed by atoms with Crippen molar-refractivity contribution in [3.05, 3.63) is 72.9 Å². The molecular formula is C26H31N12O15P. The second-order valence-corrected chi connectivity index (χ2v) is 12.8. The summed E-state index contributed by atoms with van der Waals surface area (Å²) >= 11 is 0. The number of nitrogens with zero attached hydrogens (tertiary/aromatic N) is 6. The number of ether oxygens (including phenoxy) is 2. The van der Waals surface area contributed by atoms with Crippen molar-refractivity contribution in [1.82, 2.24) is 54.0 Å². The number of aromatic amines is 5. The topological polar surface area (TPSA) is 421 Å². The number of anilines is 1. The summed E-state index contributed by atoms with van der Waals surface area (Å²) in [6.45, 7) is -1.05. The third kappa shape index (κ3) is 7.62. The summed E-state index contributed by atoms with van der Waals surface area (Å²) in [7, 11) is -4.78. The predicted octanol–water partition coefficient (Wildman–Crippen LogP) is -5.29. The molecular weight excluding hydrogens is 751 g/mol. The number of hydrogen-bond donors (Lipinski definition) is 13. The highest BCUT2D eigenvalue weighted by Gasteiger charge is 2.45. The molecule has 14 N–H and O–H groups in total. The molecule has 0 spiro atoms. The van der Waals surface area contributed by atoms with E-state index in [2.05, 4.69) is 44.4 Å². The molecule has 0 amide bonds. The van der Waals surface area contributed by atoms with E-state index in [4.69, 9.17) is 30.1 Å². The van der Waals surface area contributed by atoms with Crippen molar-refractivity contribution in [2.24, 2.45) is 0 Å². The molecule has 28 heteroatoms. The minimum atomic E-state index is -4.78. The molecule has 0 saturated carbocycles. The van der Waals surface area contributed by atoms with Crippen molar-refractivity contribution in [1.29, 1.82) is 0 Å². The Bertz CT molecular complexity index is 2550. The molecule has 8 atom stereocenters. The Labute approximate surface area is 295 Å². The molecule has 8 rings (SSSR count). The number of hydrogen-bond acceptors (Lipinski definition) is 18. The van der Waals surface area contributed by atoms with E-state index in [9.17, 15) is 44.2 Å². The average Bonchev–Trinajstić information content (AvgIpc) is 3.94. The first-order valence-corrected chi connectivity index (χ1v) is 16.9. The number of imidazole rings is 2. The average molecular weight is 783 g/mol. The molecule has 2 aliphatic heterocycles. The number of aromatic nitrogens is 11. The van der Waals surface area contributed by atoms with Crippen molar-refractivity contribution in [2.45, 2.75) is 49.1 Å². The Balaban J connectivity index is 0.000000147. The highest BCUT2D eigenvalue weighted by Crippen LogP contribution is 2.38. The summed E-state index contributed by atoms with van der Waals surface area (Å²) in [5.41, 5.74) is 4.07. The van der Waals surface area contributed by atoms with Crippen LogP contribution in [-0.2, 0) is 18.6 Å². The number of phosphoric acid groups is 1. The smallest absolute Gasteiger partial charge is 0.394 e. The number of nitrogens with two attached hydrogens (primary N) is 1. The first-order chi connectivity index (χ1) is 25.6. The summed E-state index contributed by atoms with van der Waals surface area (Å²) in [5.74, 6) is 0.329. The van der Waals surface area contributed by atoms with Crippen LogP contribution in [0.5, 0.6) is 0 Å². The molecule has 0 radical (unpaired) electrons. The van der Waals surface area contributed by atoms with Gasteiger partial charge < -0.3 is 60.1 Å². The minimum absolute atomic E-state index is 0.0449.